The molecule has 2 aromatic carbocycles. The number of primary amides is 2. The maximum atomic E-state index is 13.9. The van der Waals surface area contributed by atoms with E-state index in [-0.39, 0.29) is 48.8 Å². The number of nitrogens with zero attached hydrogens (tertiary/aromatic N) is 9. The van der Waals surface area contributed by atoms with Crippen LogP contribution in [0, 0.1) is 13.8 Å². The van der Waals surface area contributed by atoms with E-state index in [1.807, 2.05) is 58.9 Å². The van der Waals surface area contributed by atoms with Crippen molar-refractivity contribution in [2.24, 2.45) is 11.5 Å². The molecule has 67 heavy (non-hydrogen) atoms. The van der Waals surface area contributed by atoms with Gasteiger partial charge in [-0.15, -0.1) is 0 Å². The van der Waals surface area contributed by atoms with E-state index < -0.39 is 23.6 Å². The van der Waals surface area contributed by atoms with Crippen LogP contribution in [0.3, 0.4) is 0 Å². The van der Waals surface area contributed by atoms with Crippen LogP contribution in [0.5, 0.6) is 11.5 Å². The molecule has 0 spiro atoms. The number of amides is 4. The molecule has 0 atom stereocenters. The Kier molecular flexibility index (Phi) is 16.3. The van der Waals surface area contributed by atoms with Gasteiger partial charge in [-0.2, -0.15) is 10.2 Å². The molecule has 0 bridgehead atoms. The van der Waals surface area contributed by atoms with Crippen LogP contribution in [0.15, 0.2) is 60.7 Å². The van der Waals surface area contributed by atoms with Crippen molar-refractivity contribution in [2.45, 2.75) is 86.7 Å². The molecule has 20 heteroatoms. The van der Waals surface area contributed by atoms with Crippen molar-refractivity contribution in [1.29, 1.82) is 0 Å². The number of aryl methyl sites for hydroxylation is 4. The van der Waals surface area contributed by atoms with E-state index in [1.165, 1.54) is 19.2 Å². The fraction of sp³-hybridized carbons (Fsp3) is 0.404. The number of carbonyl (C=O) groups is 4. The second kappa shape index (κ2) is 22.2. The van der Waals surface area contributed by atoms with Gasteiger partial charge in [-0.3, -0.25) is 44.1 Å². The molecule has 4 amide bonds. The Bertz CT molecular complexity index is 2810. The Hall–Kier alpha value is -7.32. The SMILES string of the molecule is CC.CCn1nc(C)cc1C(=O)Nc1nc2cc(C(N)=O)cc(OC)c2n1C/C=C/Cn1c(NC(=O)c2cc(C)nn2CC)nc2cc(C(N)=O)cc(OC/C=C/CN3CCC(OC)CC3)c21. The lowest BCUT2D eigenvalue weighted by atomic mass is 10.1. The van der Waals surface area contributed by atoms with Crippen molar-refractivity contribution in [2.75, 3.05) is 51.1 Å². The topological polar surface area (TPSA) is 247 Å². The van der Waals surface area contributed by atoms with Gasteiger partial charge < -0.3 is 34.8 Å². The number of nitrogens with two attached hydrogens (primary N) is 2. The average molecular weight is 920 g/mol. The zero-order valence-electron chi connectivity index (χ0n) is 39.5. The average Bonchev–Trinajstić information content (AvgIpc) is 4.10. The fourth-order valence-corrected chi connectivity index (χ4v) is 7.94. The molecular weight excluding hydrogens is 859 g/mol. The van der Waals surface area contributed by atoms with Crippen LogP contribution in [0.2, 0.25) is 0 Å². The number of benzene rings is 2. The van der Waals surface area contributed by atoms with E-state index in [0.29, 0.717) is 69.4 Å². The summed E-state index contributed by atoms with van der Waals surface area (Å²) in [5, 5.41) is 14.7. The molecular formula is C47H61N13O7. The highest BCUT2D eigenvalue weighted by Crippen LogP contribution is 2.33. The van der Waals surface area contributed by atoms with Gasteiger partial charge in [-0.1, -0.05) is 38.2 Å². The van der Waals surface area contributed by atoms with Crippen molar-refractivity contribution in [3.63, 3.8) is 0 Å². The van der Waals surface area contributed by atoms with Gasteiger partial charge in [0.1, 0.15) is 40.5 Å². The molecule has 0 radical (unpaired) electrons. The van der Waals surface area contributed by atoms with E-state index in [4.69, 9.17) is 35.6 Å². The third-order valence-corrected chi connectivity index (χ3v) is 11.2. The zero-order chi connectivity index (χ0) is 48.4. The van der Waals surface area contributed by atoms with Gasteiger partial charge in [0, 0.05) is 64.0 Å². The molecule has 6 aromatic rings. The molecule has 1 saturated heterocycles. The van der Waals surface area contributed by atoms with Crippen LogP contribution in [0.4, 0.5) is 11.9 Å². The number of nitrogens with one attached hydrogen (secondary N) is 2. The van der Waals surface area contributed by atoms with E-state index in [2.05, 4.69) is 25.7 Å². The summed E-state index contributed by atoms with van der Waals surface area (Å²) >= 11 is 0. The zero-order valence-corrected chi connectivity index (χ0v) is 39.5. The van der Waals surface area contributed by atoms with Crippen LogP contribution in [-0.4, -0.2) is 114 Å². The lowest BCUT2D eigenvalue weighted by molar-refractivity contribution is 0.0444. The number of ether oxygens (including phenoxy) is 3. The summed E-state index contributed by atoms with van der Waals surface area (Å²) < 4.78 is 24.3. The molecule has 6 N–H and O–H groups in total. The number of aromatic nitrogens is 8. The van der Waals surface area contributed by atoms with Crippen LogP contribution in [-0.2, 0) is 30.9 Å². The molecule has 5 heterocycles. The first-order chi connectivity index (χ1) is 32.3. The summed E-state index contributed by atoms with van der Waals surface area (Å²) in [4.78, 5) is 64.2. The van der Waals surface area contributed by atoms with Crippen molar-refractivity contribution in [1.82, 2.24) is 43.6 Å². The van der Waals surface area contributed by atoms with Crippen LogP contribution in [0.25, 0.3) is 22.1 Å². The van der Waals surface area contributed by atoms with E-state index >= 15 is 0 Å². The Balaban J connectivity index is 0.00000365. The fourth-order valence-electron chi connectivity index (χ4n) is 7.94. The van der Waals surface area contributed by atoms with Gasteiger partial charge in [0.2, 0.25) is 23.7 Å². The quantitative estimate of drug-likeness (QED) is 0.0739. The van der Waals surface area contributed by atoms with Crippen molar-refractivity contribution >= 4 is 57.6 Å². The smallest absolute Gasteiger partial charge is 0.276 e. The maximum absolute atomic E-state index is 13.9. The normalized spacial score (nSPS) is 13.4. The summed E-state index contributed by atoms with van der Waals surface area (Å²) in [6, 6.07) is 9.58. The summed E-state index contributed by atoms with van der Waals surface area (Å²) in [5.74, 6) is -1.19. The monoisotopic (exact) mass is 919 g/mol. The number of imidazole rings is 2. The molecule has 0 aliphatic carbocycles. The van der Waals surface area contributed by atoms with E-state index in [9.17, 15) is 19.2 Å². The predicted octanol–water partition coefficient (Wildman–Crippen LogP) is 5.48. The molecule has 1 aliphatic rings. The molecule has 356 valence electrons. The van der Waals surface area contributed by atoms with Gasteiger partial charge in [0.15, 0.2) is 0 Å². The number of allylic oxidation sites excluding steroid dienone is 2. The number of carbonyl (C=O) groups excluding carboxylic acids is 4. The van der Waals surface area contributed by atoms with Crippen molar-refractivity contribution in [3.8, 4) is 11.5 Å². The maximum Gasteiger partial charge on any atom is 0.276 e. The highest BCUT2D eigenvalue weighted by atomic mass is 16.5. The van der Waals surface area contributed by atoms with Gasteiger partial charge in [-0.25, -0.2) is 9.97 Å². The number of rotatable bonds is 19. The van der Waals surface area contributed by atoms with Crippen LogP contribution >= 0.6 is 0 Å². The molecule has 1 fully saturated rings. The second-order valence-corrected chi connectivity index (χ2v) is 15.6. The van der Waals surface area contributed by atoms with Gasteiger partial charge in [0.05, 0.1) is 35.6 Å². The Morgan fingerprint density at radius 3 is 1.60 bits per heavy atom. The lowest BCUT2D eigenvalue weighted by Gasteiger charge is -2.30. The first-order valence-electron chi connectivity index (χ1n) is 22.4. The molecule has 4 aromatic heterocycles. The second-order valence-electron chi connectivity index (χ2n) is 15.6. The van der Waals surface area contributed by atoms with Gasteiger partial charge in [-0.05, 0) is 76.9 Å². The van der Waals surface area contributed by atoms with Gasteiger partial charge >= 0.3 is 0 Å². The standard InChI is InChI=1S/C45H55N13O7.C2H6/c1-7-57-34(21-27(3)52-57)42(61)50-44-48-32-23-29(40(46)59)25-36(64-6)38(32)55(44)16-9-10-17-56-39-33(49-45(56)51-43(62)35-22-28(4)53-58(35)8-2)24-30(41(47)60)26-37(39)65-20-12-11-15-54-18-13-31(63-5)14-19-54;1-2/h9-12,21-26,31H,7-8,13-20H2,1-6H3,(H2,46,59)(H2,47,60)(H,48,50,61)(H,49,51,62);1-2H3/b10-9+,12-11+;. The minimum absolute atomic E-state index is 0.157. The van der Waals surface area contributed by atoms with Crippen molar-refractivity contribution < 1.29 is 33.4 Å². The first kappa shape index (κ1) is 49.1. The Morgan fingerprint density at radius 1 is 0.687 bits per heavy atom. The summed E-state index contributed by atoms with van der Waals surface area (Å²) in [7, 11) is 3.22. The number of fused-ring (bicyclic) bond motifs is 2. The largest absolute Gasteiger partial charge is 0.494 e. The molecule has 0 unspecified atom stereocenters. The molecule has 1 aliphatic heterocycles. The van der Waals surface area contributed by atoms with Gasteiger partial charge in [0.25, 0.3) is 11.8 Å². The summed E-state index contributed by atoms with van der Waals surface area (Å²) in [6.45, 7) is 15.5. The number of methoxy groups -OCH3 is 2. The van der Waals surface area contributed by atoms with Crippen LogP contribution < -0.4 is 31.6 Å². The van der Waals surface area contributed by atoms with Crippen molar-refractivity contribution in [3.05, 3.63) is 94.6 Å². The number of likely N-dealkylation sites (tertiary alicyclic amines) is 1. The number of hydrogen-bond acceptors (Lipinski definition) is 12. The van der Waals surface area contributed by atoms with E-state index in [0.717, 1.165) is 32.5 Å². The first-order valence-corrected chi connectivity index (χ1v) is 22.4. The minimum atomic E-state index is -0.669. The summed E-state index contributed by atoms with van der Waals surface area (Å²) in [5.41, 5.74) is 15.6. The van der Waals surface area contributed by atoms with E-state index in [1.54, 1.807) is 56.8 Å². The lowest BCUT2D eigenvalue weighted by Crippen LogP contribution is -2.36. The number of piperidine rings is 1. The molecule has 7 rings (SSSR count). The predicted molar refractivity (Wildman–Crippen MR) is 256 cm³/mol. The summed E-state index contributed by atoms with van der Waals surface area (Å²) in [6.07, 6.45) is 9.92. The Labute approximate surface area is 388 Å². The number of anilines is 2. The highest BCUT2D eigenvalue weighted by molar-refractivity contribution is 6.05. The minimum Gasteiger partial charge on any atom is -0.494 e. The van der Waals surface area contributed by atoms with Crippen LogP contribution in [0.1, 0.15) is 93.6 Å². The molecule has 0 saturated carbocycles. The Morgan fingerprint density at radius 2 is 1.15 bits per heavy atom. The third kappa shape index (κ3) is 11.2. The molecule has 20 nitrogen and oxygen atoms in total. The number of hydrogen-bond donors (Lipinski definition) is 4. The third-order valence-electron chi connectivity index (χ3n) is 11.2. The highest BCUT2D eigenvalue weighted by Gasteiger charge is 2.24.